The standard InChI is InChI=1S/C10H15NO4/c12-6-5-11(7-1-2-7)8(13)10(3-4-10)9(14)15/h7,12H,1-6H2,(H,14,15). The number of carboxylic acid groups (broad SMARTS) is 1. The second-order valence-corrected chi connectivity index (χ2v) is 4.34. The smallest absolute Gasteiger partial charge is 0.319 e. The molecule has 0 atom stereocenters. The largest absolute Gasteiger partial charge is 0.480 e. The van der Waals surface area contributed by atoms with Crippen LogP contribution in [-0.4, -0.2) is 46.2 Å². The summed E-state index contributed by atoms with van der Waals surface area (Å²) in [6.07, 6.45) is 2.74. The van der Waals surface area contributed by atoms with E-state index in [4.69, 9.17) is 10.2 Å². The average Bonchev–Trinajstić information content (AvgIpc) is 3.04. The third-order valence-corrected chi connectivity index (χ3v) is 3.16. The summed E-state index contributed by atoms with van der Waals surface area (Å²) in [5.41, 5.74) is -1.16. The number of carboxylic acids is 1. The van der Waals surface area contributed by atoms with Crippen LogP contribution >= 0.6 is 0 Å². The SMILES string of the molecule is O=C(O)C1(C(=O)N(CCO)C2CC2)CC1. The number of amides is 1. The molecular weight excluding hydrogens is 198 g/mol. The normalized spacial score (nSPS) is 22.2. The Morgan fingerprint density at radius 1 is 1.33 bits per heavy atom. The molecule has 0 aromatic heterocycles. The average molecular weight is 213 g/mol. The van der Waals surface area contributed by atoms with Gasteiger partial charge in [-0.1, -0.05) is 0 Å². The van der Waals surface area contributed by atoms with Crippen LogP contribution in [0, 0.1) is 5.41 Å². The molecule has 5 heteroatoms. The van der Waals surface area contributed by atoms with Gasteiger partial charge in [0.15, 0.2) is 0 Å². The van der Waals surface area contributed by atoms with Crippen LogP contribution in [0.15, 0.2) is 0 Å². The number of aliphatic carboxylic acids is 1. The Hall–Kier alpha value is -1.10. The van der Waals surface area contributed by atoms with Gasteiger partial charge in [0.05, 0.1) is 6.61 Å². The summed E-state index contributed by atoms with van der Waals surface area (Å²) in [6.45, 7) is 0.163. The number of hydrogen-bond acceptors (Lipinski definition) is 3. The number of nitrogens with zero attached hydrogens (tertiary/aromatic N) is 1. The van der Waals surface area contributed by atoms with E-state index in [1.165, 1.54) is 0 Å². The maximum Gasteiger partial charge on any atom is 0.319 e. The zero-order valence-corrected chi connectivity index (χ0v) is 8.48. The molecule has 2 N–H and O–H groups in total. The summed E-state index contributed by atoms with van der Waals surface area (Å²) in [4.78, 5) is 24.5. The molecule has 2 aliphatic rings. The van der Waals surface area contributed by atoms with Crippen molar-refractivity contribution in [2.75, 3.05) is 13.2 Å². The summed E-state index contributed by atoms with van der Waals surface area (Å²) in [5.74, 6) is -1.32. The van der Waals surface area contributed by atoms with Gasteiger partial charge in [-0.15, -0.1) is 0 Å². The first kappa shape index (κ1) is 10.4. The van der Waals surface area contributed by atoms with Crippen molar-refractivity contribution in [1.82, 2.24) is 4.90 Å². The van der Waals surface area contributed by atoms with Crippen LogP contribution in [0.4, 0.5) is 0 Å². The molecule has 0 unspecified atom stereocenters. The van der Waals surface area contributed by atoms with Crippen LogP contribution in [0.2, 0.25) is 0 Å². The van der Waals surface area contributed by atoms with Crippen molar-refractivity contribution in [1.29, 1.82) is 0 Å². The predicted molar refractivity (Wildman–Crippen MR) is 51.1 cm³/mol. The lowest BCUT2D eigenvalue weighted by atomic mass is 10.1. The summed E-state index contributed by atoms with van der Waals surface area (Å²) >= 11 is 0. The Balaban J connectivity index is 2.07. The maximum atomic E-state index is 12.0. The van der Waals surface area contributed by atoms with Gasteiger partial charge in [-0.25, -0.2) is 0 Å². The fourth-order valence-electron chi connectivity index (χ4n) is 1.86. The molecule has 1 amide bonds. The van der Waals surface area contributed by atoms with E-state index in [-0.39, 0.29) is 25.1 Å². The van der Waals surface area contributed by atoms with Crippen molar-refractivity contribution in [3.05, 3.63) is 0 Å². The highest BCUT2D eigenvalue weighted by atomic mass is 16.4. The first-order valence-corrected chi connectivity index (χ1v) is 5.27. The highest BCUT2D eigenvalue weighted by molar-refractivity contribution is 6.05. The van der Waals surface area contributed by atoms with E-state index >= 15 is 0 Å². The molecular formula is C10H15NO4. The van der Waals surface area contributed by atoms with E-state index in [0.717, 1.165) is 12.8 Å². The Morgan fingerprint density at radius 2 is 1.93 bits per heavy atom. The van der Waals surface area contributed by atoms with E-state index in [9.17, 15) is 9.59 Å². The highest BCUT2D eigenvalue weighted by Crippen LogP contribution is 2.48. The Bertz CT molecular complexity index is 294. The Morgan fingerprint density at radius 3 is 2.27 bits per heavy atom. The van der Waals surface area contributed by atoms with Gasteiger partial charge in [0.1, 0.15) is 5.41 Å². The van der Waals surface area contributed by atoms with Crippen molar-refractivity contribution in [2.24, 2.45) is 5.41 Å². The van der Waals surface area contributed by atoms with Crippen molar-refractivity contribution in [3.8, 4) is 0 Å². The minimum absolute atomic E-state index is 0.0993. The molecule has 0 aromatic rings. The zero-order chi connectivity index (χ0) is 11.1. The van der Waals surface area contributed by atoms with Crippen LogP contribution < -0.4 is 0 Å². The minimum atomic E-state index is -1.16. The number of carbonyl (C=O) groups is 2. The molecule has 2 saturated carbocycles. The van der Waals surface area contributed by atoms with E-state index in [0.29, 0.717) is 12.8 Å². The number of aliphatic hydroxyl groups excluding tert-OH is 1. The molecule has 0 radical (unpaired) electrons. The monoisotopic (exact) mass is 213 g/mol. The van der Waals surface area contributed by atoms with Crippen molar-refractivity contribution >= 4 is 11.9 Å². The lowest BCUT2D eigenvalue weighted by Crippen LogP contribution is -2.43. The molecule has 0 aliphatic heterocycles. The number of aliphatic hydroxyl groups is 1. The second-order valence-electron chi connectivity index (χ2n) is 4.34. The van der Waals surface area contributed by atoms with Gasteiger partial charge in [0.2, 0.25) is 5.91 Å². The molecule has 15 heavy (non-hydrogen) atoms. The van der Waals surface area contributed by atoms with Crippen LogP contribution in [-0.2, 0) is 9.59 Å². The Kier molecular flexibility index (Phi) is 2.42. The molecule has 0 saturated heterocycles. The predicted octanol–water partition coefficient (Wildman–Crippen LogP) is -0.166. The molecule has 0 aromatic carbocycles. The Labute approximate surface area is 87.7 Å². The second kappa shape index (κ2) is 3.48. The lowest BCUT2D eigenvalue weighted by molar-refractivity contribution is -0.154. The van der Waals surface area contributed by atoms with Gasteiger partial charge in [-0.3, -0.25) is 9.59 Å². The van der Waals surface area contributed by atoms with Crippen molar-refractivity contribution in [2.45, 2.75) is 31.7 Å². The zero-order valence-electron chi connectivity index (χ0n) is 8.48. The topological polar surface area (TPSA) is 77.8 Å². The quantitative estimate of drug-likeness (QED) is 0.622. The van der Waals surface area contributed by atoms with Crippen LogP contribution in [0.3, 0.4) is 0 Å². The minimum Gasteiger partial charge on any atom is -0.480 e. The van der Waals surface area contributed by atoms with Gasteiger partial charge in [-0.2, -0.15) is 0 Å². The van der Waals surface area contributed by atoms with Crippen LogP contribution in [0.5, 0.6) is 0 Å². The third-order valence-electron chi connectivity index (χ3n) is 3.16. The van der Waals surface area contributed by atoms with Crippen molar-refractivity contribution < 1.29 is 19.8 Å². The fraction of sp³-hybridized carbons (Fsp3) is 0.800. The van der Waals surface area contributed by atoms with Crippen molar-refractivity contribution in [3.63, 3.8) is 0 Å². The summed E-state index contributed by atoms with van der Waals surface area (Å²) in [5, 5.41) is 17.8. The highest BCUT2D eigenvalue weighted by Gasteiger charge is 2.59. The molecule has 2 fully saturated rings. The number of carbonyl (C=O) groups excluding carboxylic acids is 1. The number of rotatable bonds is 5. The van der Waals surface area contributed by atoms with Crippen LogP contribution in [0.25, 0.3) is 0 Å². The number of hydrogen-bond donors (Lipinski definition) is 2. The molecule has 0 bridgehead atoms. The molecule has 0 spiro atoms. The van der Waals surface area contributed by atoms with E-state index in [1.54, 1.807) is 4.90 Å². The first-order valence-electron chi connectivity index (χ1n) is 5.27. The molecule has 2 aliphatic carbocycles. The summed E-state index contributed by atoms with van der Waals surface area (Å²) in [6, 6.07) is 0.168. The summed E-state index contributed by atoms with van der Waals surface area (Å²) < 4.78 is 0. The molecule has 2 rings (SSSR count). The van der Waals surface area contributed by atoms with Gasteiger partial charge < -0.3 is 15.1 Å². The fourth-order valence-corrected chi connectivity index (χ4v) is 1.86. The molecule has 5 nitrogen and oxygen atoms in total. The summed E-state index contributed by atoms with van der Waals surface area (Å²) in [7, 11) is 0. The maximum absolute atomic E-state index is 12.0. The van der Waals surface area contributed by atoms with Gasteiger partial charge >= 0.3 is 5.97 Å². The van der Waals surface area contributed by atoms with Gasteiger partial charge in [0.25, 0.3) is 0 Å². The lowest BCUT2D eigenvalue weighted by Gasteiger charge is -2.24. The van der Waals surface area contributed by atoms with Gasteiger partial charge in [-0.05, 0) is 25.7 Å². The first-order chi connectivity index (χ1) is 7.12. The van der Waals surface area contributed by atoms with E-state index in [2.05, 4.69) is 0 Å². The van der Waals surface area contributed by atoms with Crippen LogP contribution in [0.1, 0.15) is 25.7 Å². The van der Waals surface area contributed by atoms with E-state index < -0.39 is 11.4 Å². The molecule has 0 heterocycles. The van der Waals surface area contributed by atoms with E-state index in [1.807, 2.05) is 0 Å². The van der Waals surface area contributed by atoms with Gasteiger partial charge in [0, 0.05) is 12.6 Å². The third kappa shape index (κ3) is 1.71. The molecule has 84 valence electrons.